The average Bonchev–Trinajstić information content (AvgIpc) is 3.34. The molecule has 0 saturated carbocycles. The zero-order valence-corrected chi connectivity index (χ0v) is 19.4. The lowest BCUT2D eigenvalue weighted by atomic mass is 9.74. The summed E-state index contributed by atoms with van der Waals surface area (Å²) < 4.78 is 32.8. The van der Waals surface area contributed by atoms with Crippen molar-refractivity contribution in [2.75, 3.05) is 47.9 Å². The SMILES string of the molecule is COc1cc(CCC(=O)NCC2(c3ccc4c(c3)OCO4)CCOCC2)cc(OC)c1OC. The summed E-state index contributed by atoms with van der Waals surface area (Å²) in [6.07, 6.45) is 2.58. The van der Waals surface area contributed by atoms with Crippen molar-refractivity contribution in [3.63, 3.8) is 0 Å². The predicted molar refractivity (Wildman–Crippen MR) is 122 cm³/mol. The van der Waals surface area contributed by atoms with Crippen molar-refractivity contribution in [1.82, 2.24) is 5.32 Å². The molecule has 4 rings (SSSR count). The molecule has 1 fully saturated rings. The Labute approximate surface area is 194 Å². The topological polar surface area (TPSA) is 84.5 Å². The Morgan fingerprint density at radius 3 is 2.33 bits per heavy atom. The minimum atomic E-state index is -0.193. The van der Waals surface area contributed by atoms with Crippen LogP contribution in [0.3, 0.4) is 0 Å². The summed E-state index contributed by atoms with van der Waals surface area (Å²) in [5.41, 5.74) is 1.89. The van der Waals surface area contributed by atoms with E-state index >= 15 is 0 Å². The Bertz CT molecular complexity index is 960. The first-order valence-electron chi connectivity index (χ1n) is 11.1. The highest BCUT2D eigenvalue weighted by Gasteiger charge is 2.36. The molecule has 2 heterocycles. The van der Waals surface area contributed by atoms with Crippen LogP contribution in [-0.2, 0) is 21.4 Å². The summed E-state index contributed by atoms with van der Waals surface area (Å²) in [5, 5.41) is 3.16. The molecule has 2 aromatic rings. The molecule has 8 heteroatoms. The van der Waals surface area contributed by atoms with Crippen molar-refractivity contribution in [3.8, 4) is 28.7 Å². The Hall–Kier alpha value is -3.13. The molecule has 0 spiro atoms. The predicted octanol–water partition coefficient (Wildman–Crippen LogP) is 3.24. The number of aryl methyl sites for hydroxylation is 1. The molecular formula is C25H31NO7. The first-order chi connectivity index (χ1) is 16.1. The van der Waals surface area contributed by atoms with E-state index in [9.17, 15) is 4.79 Å². The highest BCUT2D eigenvalue weighted by molar-refractivity contribution is 5.76. The quantitative estimate of drug-likeness (QED) is 0.619. The van der Waals surface area contributed by atoms with E-state index in [-0.39, 0.29) is 18.1 Å². The summed E-state index contributed by atoms with van der Waals surface area (Å²) in [6.45, 7) is 2.11. The number of ether oxygens (including phenoxy) is 6. The van der Waals surface area contributed by atoms with Crippen molar-refractivity contribution in [1.29, 1.82) is 0 Å². The standard InChI is InChI=1S/C25H31NO7/c1-28-21-12-17(13-22(29-2)24(21)30-3)4-7-23(27)26-15-25(8-10-31-11-9-25)18-5-6-19-20(14-18)33-16-32-19/h5-6,12-14H,4,7-11,15-16H2,1-3H3,(H,26,27). The van der Waals surface area contributed by atoms with Gasteiger partial charge in [-0.3, -0.25) is 4.79 Å². The van der Waals surface area contributed by atoms with E-state index in [2.05, 4.69) is 11.4 Å². The van der Waals surface area contributed by atoms with Gasteiger partial charge in [0, 0.05) is 31.6 Å². The maximum Gasteiger partial charge on any atom is 0.231 e. The van der Waals surface area contributed by atoms with Crippen molar-refractivity contribution in [2.45, 2.75) is 31.1 Å². The van der Waals surface area contributed by atoms with E-state index in [4.69, 9.17) is 28.4 Å². The largest absolute Gasteiger partial charge is 0.493 e. The molecule has 0 bridgehead atoms. The lowest BCUT2D eigenvalue weighted by Gasteiger charge is -2.38. The van der Waals surface area contributed by atoms with Crippen LogP contribution in [0.25, 0.3) is 0 Å². The molecule has 0 radical (unpaired) electrons. The second-order valence-electron chi connectivity index (χ2n) is 8.27. The fourth-order valence-corrected chi connectivity index (χ4v) is 4.45. The lowest BCUT2D eigenvalue weighted by Crippen LogP contribution is -2.44. The molecule has 2 aliphatic rings. The Morgan fingerprint density at radius 1 is 0.970 bits per heavy atom. The molecule has 33 heavy (non-hydrogen) atoms. The summed E-state index contributed by atoms with van der Waals surface area (Å²) in [5.74, 6) is 3.21. The number of hydrogen-bond donors (Lipinski definition) is 1. The second kappa shape index (κ2) is 10.2. The van der Waals surface area contributed by atoms with Gasteiger partial charge < -0.3 is 33.7 Å². The maximum atomic E-state index is 12.8. The highest BCUT2D eigenvalue weighted by Crippen LogP contribution is 2.41. The molecule has 0 atom stereocenters. The fourth-order valence-electron chi connectivity index (χ4n) is 4.45. The summed E-state index contributed by atoms with van der Waals surface area (Å²) in [6, 6.07) is 9.81. The summed E-state index contributed by atoms with van der Waals surface area (Å²) in [7, 11) is 4.73. The Kier molecular flexibility index (Phi) is 7.13. The Balaban J connectivity index is 1.41. The van der Waals surface area contributed by atoms with E-state index in [0.29, 0.717) is 49.8 Å². The molecule has 2 aromatic carbocycles. The summed E-state index contributed by atoms with van der Waals surface area (Å²) in [4.78, 5) is 12.8. The number of carbonyl (C=O) groups is 1. The van der Waals surface area contributed by atoms with Crippen LogP contribution in [0.4, 0.5) is 0 Å². The van der Waals surface area contributed by atoms with E-state index < -0.39 is 0 Å². The third kappa shape index (κ3) is 4.95. The van der Waals surface area contributed by atoms with Crippen LogP contribution in [0.2, 0.25) is 0 Å². The molecule has 0 aliphatic carbocycles. The van der Waals surface area contributed by atoms with Crippen LogP contribution in [0.5, 0.6) is 28.7 Å². The zero-order chi connectivity index (χ0) is 23.3. The van der Waals surface area contributed by atoms with Crippen LogP contribution in [0.15, 0.2) is 30.3 Å². The van der Waals surface area contributed by atoms with Crippen molar-refractivity contribution >= 4 is 5.91 Å². The molecule has 1 N–H and O–H groups in total. The molecule has 0 aromatic heterocycles. The number of nitrogens with one attached hydrogen (secondary N) is 1. The number of benzene rings is 2. The third-order valence-corrected chi connectivity index (χ3v) is 6.42. The molecule has 8 nitrogen and oxygen atoms in total. The van der Waals surface area contributed by atoms with Gasteiger partial charge >= 0.3 is 0 Å². The lowest BCUT2D eigenvalue weighted by molar-refractivity contribution is -0.121. The van der Waals surface area contributed by atoms with E-state index in [1.807, 2.05) is 24.3 Å². The number of rotatable bonds is 9. The van der Waals surface area contributed by atoms with Gasteiger partial charge in [-0.25, -0.2) is 0 Å². The number of hydrogen-bond acceptors (Lipinski definition) is 7. The van der Waals surface area contributed by atoms with Crippen molar-refractivity contribution < 1.29 is 33.2 Å². The van der Waals surface area contributed by atoms with Gasteiger partial charge in [0.25, 0.3) is 0 Å². The highest BCUT2D eigenvalue weighted by atomic mass is 16.7. The van der Waals surface area contributed by atoms with Gasteiger partial charge in [-0.15, -0.1) is 0 Å². The minimum Gasteiger partial charge on any atom is -0.493 e. The van der Waals surface area contributed by atoms with E-state index in [0.717, 1.165) is 35.5 Å². The Morgan fingerprint density at radius 2 is 1.67 bits per heavy atom. The van der Waals surface area contributed by atoms with Gasteiger partial charge in [0.05, 0.1) is 21.3 Å². The molecule has 2 aliphatic heterocycles. The van der Waals surface area contributed by atoms with Gasteiger partial charge in [0.2, 0.25) is 18.4 Å². The monoisotopic (exact) mass is 457 g/mol. The van der Waals surface area contributed by atoms with Crippen LogP contribution in [-0.4, -0.2) is 53.8 Å². The van der Waals surface area contributed by atoms with Crippen molar-refractivity contribution in [2.24, 2.45) is 0 Å². The number of carbonyl (C=O) groups excluding carboxylic acids is 1. The van der Waals surface area contributed by atoms with Gasteiger partial charge in [0.15, 0.2) is 23.0 Å². The minimum absolute atomic E-state index is 0.00429. The number of amides is 1. The second-order valence-corrected chi connectivity index (χ2v) is 8.27. The third-order valence-electron chi connectivity index (χ3n) is 6.42. The first-order valence-corrected chi connectivity index (χ1v) is 11.1. The van der Waals surface area contributed by atoms with Crippen LogP contribution in [0, 0.1) is 0 Å². The smallest absolute Gasteiger partial charge is 0.231 e. The zero-order valence-electron chi connectivity index (χ0n) is 19.4. The van der Waals surface area contributed by atoms with Gasteiger partial charge in [0.1, 0.15) is 0 Å². The molecule has 1 saturated heterocycles. The van der Waals surface area contributed by atoms with E-state index in [1.54, 1.807) is 21.3 Å². The van der Waals surface area contributed by atoms with Gasteiger partial charge in [-0.1, -0.05) is 6.07 Å². The molecule has 0 unspecified atom stereocenters. The van der Waals surface area contributed by atoms with Gasteiger partial charge in [-0.05, 0) is 54.7 Å². The molecular weight excluding hydrogens is 426 g/mol. The normalized spacial score (nSPS) is 16.2. The number of methoxy groups -OCH3 is 3. The van der Waals surface area contributed by atoms with Crippen LogP contribution >= 0.6 is 0 Å². The molecule has 1 amide bonds. The number of fused-ring (bicyclic) bond motifs is 1. The molecule has 178 valence electrons. The summed E-state index contributed by atoms with van der Waals surface area (Å²) >= 11 is 0. The van der Waals surface area contributed by atoms with Crippen LogP contribution < -0.4 is 29.0 Å². The fraction of sp³-hybridized carbons (Fsp3) is 0.480. The van der Waals surface area contributed by atoms with E-state index in [1.165, 1.54) is 0 Å². The van der Waals surface area contributed by atoms with Gasteiger partial charge in [-0.2, -0.15) is 0 Å². The van der Waals surface area contributed by atoms with Crippen LogP contribution in [0.1, 0.15) is 30.4 Å². The first kappa shape index (κ1) is 23.0. The average molecular weight is 458 g/mol. The maximum absolute atomic E-state index is 12.8. The van der Waals surface area contributed by atoms with Crippen molar-refractivity contribution in [3.05, 3.63) is 41.5 Å².